The Morgan fingerprint density at radius 3 is 3.28 bits per heavy atom. The highest BCUT2D eigenvalue weighted by Gasteiger charge is 2.22. The predicted molar refractivity (Wildman–Crippen MR) is 61.2 cm³/mol. The number of ether oxygens (including phenoxy) is 2. The van der Waals surface area contributed by atoms with E-state index >= 15 is 0 Å². The van der Waals surface area contributed by atoms with Gasteiger partial charge in [0.2, 0.25) is 5.88 Å². The van der Waals surface area contributed by atoms with Gasteiger partial charge in [-0.1, -0.05) is 6.08 Å². The molecule has 0 bridgehead atoms. The van der Waals surface area contributed by atoms with Crippen molar-refractivity contribution < 1.29 is 19.1 Å². The van der Waals surface area contributed by atoms with Crippen molar-refractivity contribution in [3.05, 3.63) is 23.9 Å². The Kier molecular flexibility index (Phi) is 3.61. The number of amides is 1. The molecule has 18 heavy (non-hydrogen) atoms. The third-order valence-corrected chi connectivity index (χ3v) is 2.41. The molecule has 0 radical (unpaired) electrons. The second kappa shape index (κ2) is 5.35. The van der Waals surface area contributed by atoms with E-state index in [1.807, 2.05) is 0 Å². The van der Waals surface area contributed by atoms with Crippen molar-refractivity contribution in [3.8, 4) is 5.88 Å². The van der Waals surface area contributed by atoms with E-state index in [1.54, 1.807) is 4.68 Å². The normalized spacial score (nSPS) is 13.2. The Balaban J connectivity index is 1.88. The lowest BCUT2D eigenvalue weighted by Crippen LogP contribution is -2.23. The number of methoxy groups -OCH3 is 1. The topological polar surface area (TPSA) is 82.5 Å². The molecule has 0 fully saturated rings. The van der Waals surface area contributed by atoms with Gasteiger partial charge in [0.05, 0.1) is 19.9 Å². The maximum Gasteiger partial charge on any atom is 0.330 e. The van der Waals surface area contributed by atoms with E-state index in [4.69, 9.17) is 4.74 Å². The summed E-state index contributed by atoms with van der Waals surface area (Å²) in [4.78, 5) is 22.6. The quantitative estimate of drug-likeness (QED) is 0.588. The molecule has 7 heteroatoms. The lowest BCUT2D eigenvalue weighted by molar-refractivity contribution is -0.134. The van der Waals surface area contributed by atoms with Crippen LogP contribution in [-0.4, -0.2) is 41.9 Å². The Morgan fingerprint density at radius 2 is 2.50 bits per heavy atom. The number of carbonyl (C=O) groups is 2. The highest BCUT2D eigenvalue weighted by atomic mass is 16.5. The molecule has 1 aromatic heterocycles. The number of esters is 1. The highest BCUT2D eigenvalue weighted by molar-refractivity contribution is 5.96. The number of hydrogen-bond acceptors (Lipinski definition) is 5. The van der Waals surface area contributed by atoms with Gasteiger partial charge >= 0.3 is 5.97 Å². The fourth-order valence-corrected chi connectivity index (χ4v) is 1.54. The van der Waals surface area contributed by atoms with Crippen molar-refractivity contribution in [2.45, 2.75) is 6.54 Å². The van der Waals surface area contributed by atoms with E-state index in [0.717, 1.165) is 0 Å². The lowest BCUT2D eigenvalue weighted by atomic mass is 10.3. The molecule has 0 unspecified atom stereocenters. The van der Waals surface area contributed by atoms with Gasteiger partial charge in [0, 0.05) is 12.6 Å². The van der Waals surface area contributed by atoms with Crippen LogP contribution in [0.5, 0.6) is 5.88 Å². The van der Waals surface area contributed by atoms with Gasteiger partial charge in [-0.05, 0) is 0 Å². The van der Waals surface area contributed by atoms with Crippen molar-refractivity contribution in [1.29, 1.82) is 0 Å². The summed E-state index contributed by atoms with van der Waals surface area (Å²) >= 11 is 0. The minimum Gasteiger partial charge on any atom is -0.475 e. The van der Waals surface area contributed by atoms with Crippen LogP contribution < -0.4 is 10.1 Å². The van der Waals surface area contributed by atoms with Crippen molar-refractivity contribution in [2.75, 3.05) is 20.3 Å². The molecule has 0 saturated carbocycles. The number of carbonyl (C=O) groups excluding carboxylic acids is 2. The number of aromatic nitrogens is 2. The average molecular weight is 251 g/mol. The predicted octanol–water partition coefficient (Wildman–Crippen LogP) is -0.266. The van der Waals surface area contributed by atoms with Crippen molar-refractivity contribution in [1.82, 2.24) is 15.1 Å². The number of nitrogens with one attached hydrogen (secondary N) is 1. The van der Waals surface area contributed by atoms with Crippen LogP contribution >= 0.6 is 0 Å². The molecule has 0 aromatic carbocycles. The van der Waals surface area contributed by atoms with Crippen molar-refractivity contribution in [3.63, 3.8) is 0 Å². The number of nitrogens with zero attached hydrogens (tertiary/aromatic N) is 2. The van der Waals surface area contributed by atoms with Crippen LogP contribution in [0.25, 0.3) is 0 Å². The Labute approximate surface area is 103 Å². The first-order chi connectivity index (χ1) is 8.72. The largest absolute Gasteiger partial charge is 0.475 e. The number of hydrogen-bond donors (Lipinski definition) is 1. The van der Waals surface area contributed by atoms with Crippen LogP contribution in [0.4, 0.5) is 0 Å². The van der Waals surface area contributed by atoms with E-state index in [2.05, 4.69) is 15.2 Å². The van der Waals surface area contributed by atoms with Crippen LogP contribution in [0.1, 0.15) is 10.4 Å². The fourth-order valence-electron chi connectivity index (χ4n) is 1.54. The molecule has 0 atom stereocenters. The summed E-state index contributed by atoms with van der Waals surface area (Å²) in [5.41, 5.74) is 0.402. The number of rotatable bonds is 4. The Hall–Kier alpha value is -2.31. The molecule has 1 aliphatic heterocycles. The molecule has 1 amide bonds. The first-order valence-corrected chi connectivity index (χ1v) is 5.43. The van der Waals surface area contributed by atoms with Crippen molar-refractivity contribution >= 4 is 11.9 Å². The molecular weight excluding hydrogens is 238 g/mol. The summed E-state index contributed by atoms with van der Waals surface area (Å²) < 4.78 is 11.4. The van der Waals surface area contributed by atoms with Gasteiger partial charge in [0.25, 0.3) is 5.91 Å². The first kappa shape index (κ1) is 12.2. The van der Waals surface area contributed by atoms with E-state index in [1.165, 1.54) is 25.5 Å². The van der Waals surface area contributed by atoms with Crippen LogP contribution in [0.3, 0.4) is 0 Å². The molecule has 7 nitrogen and oxygen atoms in total. The van der Waals surface area contributed by atoms with Crippen LogP contribution in [0.15, 0.2) is 18.3 Å². The van der Waals surface area contributed by atoms with E-state index < -0.39 is 5.97 Å². The first-order valence-electron chi connectivity index (χ1n) is 5.43. The zero-order valence-electron chi connectivity index (χ0n) is 9.88. The van der Waals surface area contributed by atoms with Gasteiger partial charge in [-0.25, -0.2) is 9.48 Å². The molecule has 1 aliphatic rings. The van der Waals surface area contributed by atoms with Gasteiger partial charge in [0.15, 0.2) is 0 Å². The third kappa shape index (κ3) is 2.50. The molecule has 1 N–H and O–H groups in total. The SMILES string of the molecule is COC(=O)/C=C/CNC(=O)c1cnn2c1OCC2. The Morgan fingerprint density at radius 1 is 1.67 bits per heavy atom. The van der Waals surface area contributed by atoms with E-state index in [0.29, 0.717) is 24.6 Å². The zero-order chi connectivity index (χ0) is 13.0. The molecule has 0 spiro atoms. The average Bonchev–Trinajstić information content (AvgIpc) is 2.95. The van der Waals surface area contributed by atoms with E-state index in [-0.39, 0.29) is 12.5 Å². The van der Waals surface area contributed by atoms with Crippen LogP contribution in [0, 0.1) is 0 Å². The second-order valence-corrected chi connectivity index (χ2v) is 3.57. The smallest absolute Gasteiger partial charge is 0.330 e. The zero-order valence-corrected chi connectivity index (χ0v) is 9.88. The van der Waals surface area contributed by atoms with Gasteiger partial charge in [-0.3, -0.25) is 4.79 Å². The lowest BCUT2D eigenvalue weighted by Gasteiger charge is -2.01. The summed E-state index contributed by atoms with van der Waals surface area (Å²) in [6.07, 6.45) is 4.22. The van der Waals surface area contributed by atoms with Gasteiger partial charge in [-0.15, -0.1) is 0 Å². The summed E-state index contributed by atoms with van der Waals surface area (Å²) in [6, 6.07) is 0. The molecule has 2 rings (SSSR count). The number of fused-ring (bicyclic) bond motifs is 1. The third-order valence-electron chi connectivity index (χ3n) is 2.41. The summed E-state index contributed by atoms with van der Waals surface area (Å²) in [7, 11) is 1.29. The fraction of sp³-hybridized carbons (Fsp3) is 0.364. The maximum absolute atomic E-state index is 11.8. The maximum atomic E-state index is 11.8. The van der Waals surface area contributed by atoms with Gasteiger partial charge in [-0.2, -0.15) is 5.10 Å². The van der Waals surface area contributed by atoms with Crippen LogP contribution in [-0.2, 0) is 16.1 Å². The Bertz CT molecular complexity index is 492. The standard InChI is InChI=1S/C11H13N3O4/c1-17-9(15)3-2-4-12-10(16)8-7-13-14-5-6-18-11(8)14/h2-3,7H,4-6H2,1H3,(H,12,16)/b3-2+. The minimum absolute atomic E-state index is 0.235. The van der Waals surface area contributed by atoms with Crippen molar-refractivity contribution in [2.24, 2.45) is 0 Å². The molecule has 2 heterocycles. The second-order valence-electron chi connectivity index (χ2n) is 3.57. The molecule has 0 saturated heterocycles. The summed E-state index contributed by atoms with van der Waals surface area (Å²) in [5.74, 6) is -0.254. The van der Waals surface area contributed by atoms with E-state index in [9.17, 15) is 9.59 Å². The molecular formula is C11H13N3O4. The van der Waals surface area contributed by atoms with Gasteiger partial charge in [0.1, 0.15) is 12.2 Å². The minimum atomic E-state index is -0.459. The van der Waals surface area contributed by atoms with Gasteiger partial charge < -0.3 is 14.8 Å². The summed E-state index contributed by atoms with van der Waals surface area (Å²) in [5, 5.41) is 6.65. The highest BCUT2D eigenvalue weighted by Crippen LogP contribution is 2.21. The molecule has 1 aromatic rings. The van der Waals surface area contributed by atoms with Crippen LogP contribution in [0.2, 0.25) is 0 Å². The summed E-state index contributed by atoms with van der Waals surface area (Å²) in [6.45, 7) is 1.43. The molecule has 96 valence electrons. The molecule has 0 aliphatic carbocycles. The monoisotopic (exact) mass is 251 g/mol.